The van der Waals surface area contributed by atoms with Gasteiger partial charge in [0.05, 0.1) is 6.61 Å². The highest BCUT2D eigenvalue weighted by molar-refractivity contribution is 7.47. The summed E-state index contributed by atoms with van der Waals surface area (Å²) in [5, 5.41) is 0. The standard InChI is InChI=1S/C44H85O8P/c1-4-6-8-10-12-14-16-18-20-21-22-23-25-26-28-30-32-34-36-38-43(45)50-40-42(41-51-53(47,48)49-3)52-44(46)39-37-35-33-31-29-27-24-19-17-15-13-11-9-7-5-2/h19,24,42H,4-18,20-23,25-41H2,1-3H3,(H,47,48)/b24-19-. The molecule has 0 aromatic carbocycles. The molecule has 0 saturated carbocycles. The summed E-state index contributed by atoms with van der Waals surface area (Å²) in [4.78, 5) is 34.5. The van der Waals surface area contributed by atoms with Gasteiger partial charge in [0.1, 0.15) is 6.61 Å². The number of esters is 2. The Bertz CT molecular complexity index is 879. The molecule has 2 atom stereocenters. The van der Waals surface area contributed by atoms with E-state index in [4.69, 9.17) is 14.0 Å². The van der Waals surface area contributed by atoms with Crippen LogP contribution in [0.4, 0.5) is 0 Å². The molecule has 0 aromatic rings. The minimum absolute atomic E-state index is 0.222. The van der Waals surface area contributed by atoms with Crippen molar-refractivity contribution in [2.75, 3.05) is 20.3 Å². The molecule has 0 radical (unpaired) electrons. The monoisotopic (exact) mass is 773 g/mol. The van der Waals surface area contributed by atoms with Crippen molar-refractivity contribution >= 4 is 19.8 Å². The zero-order valence-electron chi connectivity index (χ0n) is 34.9. The first-order valence-electron chi connectivity index (χ1n) is 22.4. The van der Waals surface area contributed by atoms with Crippen LogP contribution in [-0.4, -0.2) is 43.3 Å². The molecule has 0 fully saturated rings. The van der Waals surface area contributed by atoms with Crippen LogP contribution in [0.15, 0.2) is 12.2 Å². The summed E-state index contributed by atoms with van der Waals surface area (Å²) in [6.45, 7) is 3.91. The maximum absolute atomic E-state index is 12.5. The van der Waals surface area contributed by atoms with Crippen molar-refractivity contribution in [2.24, 2.45) is 0 Å². The van der Waals surface area contributed by atoms with Gasteiger partial charge >= 0.3 is 19.8 Å². The maximum Gasteiger partial charge on any atom is 0.472 e. The SMILES string of the molecule is CCCCCCCC/C=C\CCCCCCCC(=O)OC(COC(=O)CCCCCCCCCCCCCCCCCCCCC)COP(=O)(O)OC. The minimum Gasteiger partial charge on any atom is -0.462 e. The lowest BCUT2D eigenvalue weighted by atomic mass is 10.0. The lowest BCUT2D eigenvalue weighted by molar-refractivity contribution is -0.161. The second-order valence-corrected chi connectivity index (χ2v) is 16.8. The molecular weight excluding hydrogens is 687 g/mol. The van der Waals surface area contributed by atoms with E-state index in [2.05, 4.69) is 30.5 Å². The van der Waals surface area contributed by atoms with E-state index in [1.54, 1.807) is 0 Å². The molecule has 2 unspecified atom stereocenters. The largest absolute Gasteiger partial charge is 0.472 e. The molecule has 1 N–H and O–H groups in total. The molecule has 0 amide bonds. The first kappa shape index (κ1) is 51.8. The number of hydrogen-bond donors (Lipinski definition) is 1. The van der Waals surface area contributed by atoms with Crippen molar-refractivity contribution in [1.82, 2.24) is 0 Å². The Morgan fingerprint density at radius 1 is 0.509 bits per heavy atom. The Balaban J connectivity index is 3.93. The van der Waals surface area contributed by atoms with Crippen molar-refractivity contribution in [2.45, 2.75) is 238 Å². The Morgan fingerprint density at radius 3 is 1.23 bits per heavy atom. The normalized spacial score (nSPS) is 13.4. The highest BCUT2D eigenvalue weighted by Crippen LogP contribution is 2.42. The fourth-order valence-corrected chi connectivity index (χ4v) is 7.00. The molecular formula is C44H85O8P. The summed E-state index contributed by atoms with van der Waals surface area (Å²) < 4.78 is 32.0. The molecule has 0 rings (SSSR count). The van der Waals surface area contributed by atoms with Gasteiger partial charge in [0.25, 0.3) is 0 Å². The molecule has 53 heavy (non-hydrogen) atoms. The number of hydrogen-bond acceptors (Lipinski definition) is 7. The maximum atomic E-state index is 12.5. The third-order valence-electron chi connectivity index (χ3n) is 10.0. The predicted octanol–water partition coefficient (Wildman–Crippen LogP) is 14.1. The highest BCUT2D eigenvalue weighted by Gasteiger charge is 2.24. The Morgan fingerprint density at radius 2 is 0.849 bits per heavy atom. The molecule has 0 spiro atoms. The van der Waals surface area contributed by atoms with Crippen LogP contribution in [0, 0.1) is 0 Å². The van der Waals surface area contributed by atoms with Gasteiger partial charge in [0, 0.05) is 20.0 Å². The van der Waals surface area contributed by atoms with Crippen LogP contribution in [0.1, 0.15) is 232 Å². The van der Waals surface area contributed by atoms with Gasteiger partial charge in [0.2, 0.25) is 0 Å². The van der Waals surface area contributed by atoms with Crippen molar-refractivity contribution in [3.05, 3.63) is 12.2 Å². The van der Waals surface area contributed by atoms with Gasteiger partial charge in [-0.2, -0.15) is 0 Å². The lowest BCUT2D eigenvalue weighted by Crippen LogP contribution is -2.29. The fourth-order valence-electron chi connectivity index (χ4n) is 6.54. The molecule has 8 nitrogen and oxygen atoms in total. The number of phosphoric acid groups is 1. The van der Waals surface area contributed by atoms with Gasteiger partial charge in [0.15, 0.2) is 6.10 Å². The van der Waals surface area contributed by atoms with Crippen molar-refractivity contribution in [1.29, 1.82) is 0 Å². The molecule has 0 aromatic heterocycles. The van der Waals surface area contributed by atoms with Gasteiger partial charge in [-0.25, -0.2) is 4.57 Å². The number of rotatable bonds is 42. The van der Waals surface area contributed by atoms with Crippen molar-refractivity contribution in [3.63, 3.8) is 0 Å². The number of unbranched alkanes of at least 4 members (excludes halogenated alkanes) is 29. The smallest absolute Gasteiger partial charge is 0.462 e. The average molecular weight is 773 g/mol. The van der Waals surface area contributed by atoms with Crippen molar-refractivity contribution in [3.8, 4) is 0 Å². The second kappa shape index (κ2) is 40.5. The summed E-state index contributed by atoms with van der Waals surface area (Å²) in [6.07, 6.45) is 44.1. The van der Waals surface area contributed by atoms with Gasteiger partial charge in [-0.05, 0) is 38.5 Å². The van der Waals surface area contributed by atoms with Gasteiger partial charge in [-0.1, -0.05) is 193 Å². The minimum atomic E-state index is -4.26. The number of allylic oxidation sites excluding steroid dienone is 2. The van der Waals surface area contributed by atoms with E-state index in [9.17, 15) is 19.0 Å². The van der Waals surface area contributed by atoms with E-state index in [1.807, 2.05) is 0 Å². The third kappa shape index (κ3) is 40.3. The molecule has 0 saturated heterocycles. The van der Waals surface area contributed by atoms with E-state index >= 15 is 0 Å². The van der Waals surface area contributed by atoms with Crippen LogP contribution in [-0.2, 0) is 32.7 Å². The van der Waals surface area contributed by atoms with Gasteiger partial charge < -0.3 is 14.4 Å². The Kier molecular flexibility index (Phi) is 39.5. The fraction of sp³-hybridized carbons (Fsp3) is 0.909. The van der Waals surface area contributed by atoms with E-state index in [0.717, 1.165) is 58.5 Å². The van der Waals surface area contributed by atoms with Crippen LogP contribution in [0.3, 0.4) is 0 Å². The summed E-state index contributed by atoms with van der Waals surface area (Å²) in [5.74, 6) is -0.800. The number of ether oxygens (including phenoxy) is 2. The summed E-state index contributed by atoms with van der Waals surface area (Å²) in [6, 6.07) is 0. The predicted molar refractivity (Wildman–Crippen MR) is 221 cm³/mol. The molecule has 0 aliphatic rings. The Hall–Kier alpha value is -1.21. The summed E-state index contributed by atoms with van der Waals surface area (Å²) in [7, 11) is -3.19. The second-order valence-electron chi connectivity index (χ2n) is 15.2. The topological polar surface area (TPSA) is 108 Å². The Labute approximate surface area is 327 Å². The van der Waals surface area contributed by atoms with Crippen LogP contribution >= 0.6 is 7.82 Å². The quantitative estimate of drug-likeness (QED) is 0.0283. The number of carbonyl (C=O) groups is 2. The average Bonchev–Trinajstić information content (AvgIpc) is 3.15. The molecule has 0 heterocycles. The van der Waals surface area contributed by atoms with Crippen LogP contribution < -0.4 is 0 Å². The van der Waals surface area contributed by atoms with Crippen LogP contribution in [0.5, 0.6) is 0 Å². The van der Waals surface area contributed by atoms with E-state index in [-0.39, 0.29) is 19.0 Å². The number of carbonyl (C=O) groups excluding carboxylic acids is 2. The zero-order valence-corrected chi connectivity index (χ0v) is 35.8. The molecule has 314 valence electrons. The first-order valence-corrected chi connectivity index (χ1v) is 23.9. The van der Waals surface area contributed by atoms with E-state index in [0.29, 0.717) is 12.8 Å². The number of phosphoric ester groups is 1. The van der Waals surface area contributed by atoms with E-state index in [1.165, 1.54) is 148 Å². The van der Waals surface area contributed by atoms with Crippen LogP contribution in [0.25, 0.3) is 0 Å². The lowest BCUT2D eigenvalue weighted by Gasteiger charge is -2.19. The van der Waals surface area contributed by atoms with E-state index < -0.39 is 26.5 Å². The zero-order chi connectivity index (χ0) is 38.9. The molecule has 9 heteroatoms. The molecule has 0 bridgehead atoms. The molecule has 0 aliphatic carbocycles. The highest BCUT2D eigenvalue weighted by atomic mass is 31.2. The molecule has 0 aliphatic heterocycles. The summed E-state index contributed by atoms with van der Waals surface area (Å²) in [5.41, 5.74) is 0. The first-order chi connectivity index (χ1) is 25.8. The van der Waals surface area contributed by atoms with Gasteiger partial charge in [-0.15, -0.1) is 0 Å². The van der Waals surface area contributed by atoms with Crippen LogP contribution in [0.2, 0.25) is 0 Å². The summed E-state index contributed by atoms with van der Waals surface area (Å²) >= 11 is 0. The van der Waals surface area contributed by atoms with Crippen molar-refractivity contribution < 1.29 is 37.6 Å². The third-order valence-corrected chi connectivity index (χ3v) is 10.9. The van der Waals surface area contributed by atoms with Gasteiger partial charge in [-0.3, -0.25) is 18.6 Å².